The fraction of sp³-hybridized carbons (Fsp3) is 0.409. The molecule has 4 heteroatoms. The molecule has 138 valence electrons. The molecule has 0 unspecified atom stereocenters. The lowest BCUT2D eigenvalue weighted by Gasteiger charge is -2.37. The summed E-state index contributed by atoms with van der Waals surface area (Å²) in [5, 5.41) is 0. The van der Waals surface area contributed by atoms with Crippen molar-refractivity contribution >= 4 is 11.6 Å². The molecule has 0 spiro atoms. The standard InChI is InChI=1S/C22H29N3O/c1-24(22(26)12-11-19-9-5-6-10-21(19)23)20-13-15-25(16-14-20)17-18-7-3-2-4-8-18/h2-10,20H,11-17,23H2,1H3. The summed E-state index contributed by atoms with van der Waals surface area (Å²) >= 11 is 0. The van der Waals surface area contributed by atoms with E-state index in [4.69, 9.17) is 5.73 Å². The minimum Gasteiger partial charge on any atom is -0.399 e. The highest BCUT2D eigenvalue weighted by Crippen LogP contribution is 2.19. The summed E-state index contributed by atoms with van der Waals surface area (Å²) in [5.74, 6) is 0.217. The van der Waals surface area contributed by atoms with Gasteiger partial charge in [-0.2, -0.15) is 0 Å². The van der Waals surface area contributed by atoms with E-state index in [2.05, 4.69) is 35.2 Å². The molecule has 1 fully saturated rings. The molecule has 0 bridgehead atoms. The Hall–Kier alpha value is -2.33. The molecule has 4 nitrogen and oxygen atoms in total. The van der Waals surface area contributed by atoms with Gasteiger partial charge in [0.15, 0.2) is 0 Å². The predicted molar refractivity (Wildman–Crippen MR) is 107 cm³/mol. The number of para-hydroxylation sites is 1. The molecule has 2 aromatic carbocycles. The number of piperidine rings is 1. The molecule has 0 aliphatic carbocycles. The highest BCUT2D eigenvalue weighted by molar-refractivity contribution is 5.76. The van der Waals surface area contributed by atoms with Gasteiger partial charge < -0.3 is 10.6 Å². The van der Waals surface area contributed by atoms with Crippen LogP contribution < -0.4 is 5.73 Å². The highest BCUT2D eigenvalue weighted by Gasteiger charge is 2.25. The monoisotopic (exact) mass is 351 g/mol. The molecular weight excluding hydrogens is 322 g/mol. The average Bonchev–Trinajstić information content (AvgIpc) is 2.68. The third-order valence-corrected chi connectivity index (χ3v) is 5.41. The van der Waals surface area contributed by atoms with E-state index in [-0.39, 0.29) is 5.91 Å². The average molecular weight is 351 g/mol. The number of hydrogen-bond donors (Lipinski definition) is 1. The quantitative estimate of drug-likeness (QED) is 0.812. The first-order valence-corrected chi connectivity index (χ1v) is 9.49. The number of rotatable bonds is 6. The second-order valence-corrected chi connectivity index (χ2v) is 7.20. The van der Waals surface area contributed by atoms with Gasteiger partial charge in [-0.25, -0.2) is 0 Å². The maximum atomic E-state index is 12.6. The van der Waals surface area contributed by atoms with E-state index in [1.165, 1.54) is 5.56 Å². The van der Waals surface area contributed by atoms with Crippen molar-refractivity contribution in [2.75, 3.05) is 25.9 Å². The maximum Gasteiger partial charge on any atom is 0.222 e. The van der Waals surface area contributed by atoms with Crippen molar-refractivity contribution in [3.63, 3.8) is 0 Å². The van der Waals surface area contributed by atoms with Gasteiger partial charge in [-0.3, -0.25) is 9.69 Å². The number of likely N-dealkylation sites (tertiary alicyclic amines) is 1. The summed E-state index contributed by atoms with van der Waals surface area (Å²) in [6.07, 6.45) is 3.32. The number of nitrogens with zero attached hydrogens (tertiary/aromatic N) is 2. The van der Waals surface area contributed by atoms with E-state index < -0.39 is 0 Å². The Morgan fingerprint density at radius 2 is 1.73 bits per heavy atom. The van der Waals surface area contributed by atoms with Crippen LogP contribution in [0, 0.1) is 0 Å². The lowest BCUT2D eigenvalue weighted by molar-refractivity contribution is -0.132. The smallest absolute Gasteiger partial charge is 0.222 e. The van der Waals surface area contributed by atoms with Crippen LogP contribution in [0.2, 0.25) is 0 Å². The SMILES string of the molecule is CN(C(=O)CCc1ccccc1N)C1CCN(Cc2ccccc2)CC1. The second-order valence-electron chi connectivity index (χ2n) is 7.20. The molecule has 1 saturated heterocycles. The normalized spacial score (nSPS) is 15.7. The zero-order chi connectivity index (χ0) is 18.4. The fourth-order valence-corrected chi connectivity index (χ4v) is 3.69. The Morgan fingerprint density at radius 1 is 1.08 bits per heavy atom. The van der Waals surface area contributed by atoms with E-state index in [1.807, 2.05) is 36.2 Å². The van der Waals surface area contributed by atoms with Crippen LogP contribution in [-0.4, -0.2) is 41.9 Å². The number of aryl methyl sites for hydroxylation is 1. The Kier molecular flexibility index (Phi) is 6.29. The van der Waals surface area contributed by atoms with E-state index in [1.54, 1.807) is 0 Å². The molecule has 0 radical (unpaired) electrons. The molecular formula is C22H29N3O. The maximum absolute atomic E-state index is 12.6. The number of nitrogen functional groups attached to an aromatic ring is 1. The summed E-state index contributed by atoms with van der Waals surface area (Å²) < 4.78 is 0. The zero-order valence-electron chi connectivity index (χ0n) is 15.6. The van der Waals surface area contributed by atoms with Gasteiger partial charge in [0.1, 0.15) is 0 Å². The van der Waals surface area contributed by atoms with Crippen LogP contribution in [0.15, 0.2) is 54.6 Å². The van der Waals surface area contributed by atoms with Gasteiger partial charge in [-0.15, -0.1) is 0 Å². The lowest BCUT2D eigenvalue weighted by Crippen LogP contribution is -2.45. The third kappa shape index (κ3) is 4.85. The molecule has 0 atom stereocenters. The first-order valence-electron chi connectivity index (χ1n) is 9.49. The molecule has 1 amide bonds. The summed E-state index contributed by atoms with van der Waals surface area (Å²) in [6, 6.07) is 18.7. The topological polar surface area (TPSA) is 49.6 Å². The van der Waals surface area contributed by atoms with Crippen LogP contribution in [-0.2, 0) is 17.8 Å². The van der Waals surface area contributed by atoms with Crippen LogP contribution in [0.1, 0.15) is 30.4 Å². The highest BCUT2D eigenvalue weighted by atomic mass is 16.2. The van der Waals surface area contributed by atoms with Crippen LogP contribution in [0.3, 0.4) is 0 Å². The minimum absolute atomic E-state index is 0.217. The number of amides is 1. The first kappa shape index (κ1) is 18.5. The Balaban J connectivity index is 1.44. The second kappa shape index (κ2) is 8.86. The molecule has 1 aliphatic rings. The summed E-state index contributed by atoms with van der Waals surface area (Å²) in [5.41, 5.74) is 9.17. The van der Waals surface area contributed by atoms with E-state index >= 15 is 0 Å². The number of carbonyl (C=O) groups excluding carboxylic acids is 1. The van der Waals surface area contributed by atoms with E-state index in [0.717, 1.165) is 43.7 Å². The molecule has 1 aliphatic heterocycles. The molecule has 2 N–H and O–H groups in total. The Bertz CT molecular complexity index is 708. The minimum atomic E-state index is 0.217. The molecule has 0 aromatic heterocycles. The van der Waals surface area contributed by atoms with E-state index in [9.17, 15) is 4.79 Å². The lowest BCUT2D eigenvalue weighted by atomic mass is 10.0. The van der Waals surface area contributed by atoms with Crippen molar-refractivity contribution in [2.45, 2.75) is 38.3 Å². The summed E-state index contributed by atoms with van der Waals surface area (Å²) in [7, 11) is 1.95. The van der Waals surface area contributed by atoms with Gasteiger partial charge in [-0.1, -0.05) is 48.5 Å². The van der Waals surface area contributed by atoms with Crippen LogP contribution in [0.5, 0.6) is 0 Å². The molecule has 1 heterocycles. The van der Waals surface area contributed by atoms with Crippen molar-refractivity contribution in [3.05, 3.63) is 65.7 Å². The van der Waals surface area contributed by atoms with Gasteiger partial charge in [0.2, 0.25) is 5.91 Å². The van der Waals surface area contributed by atoms with Gasteiger partial charge in [-0.05, 0) is 36.5 Å². The van der Waals surface area contributed by atoms with Crippen molar-refractivity contribution in [3.8, 4) is 0 Å². The van der Waals surface area contributed by atoms with Crippen molar-refractivity contribution in [1.82, 2.24) is 9.80 Å². The number of hydrogen-bond acceptors (Lipinski definition) is 3. The van der Waals surface area contributed by atoms with Crippen LogP contribution in [0.4, 0.5) is 5.69 Å². The third-order valence-electron chi connectivity index (χ3n) is 5.41. The zero-order valence-corrected chi connectivity index (χ0v) is 15.6. The molecule has 26 heavy (non-hydrogen) atoms. The van der Waals surface area contributed by atoms with Crippen LogP contribution in [0.25, 0.3) is 0 Å². The summed E-state index contributed by atoms with van der Waals surface area (Å²) in [6.45, 7) is 3.09. The largest absolute Gasteiger partial charge is 0.399 e. The molecule has 3 rings (SSSR count). The van der Waals surface area contributed by atoms with Crippen molar-refractivity contribution in [2.24, 2.45) is 0 Å². The van der Waals surface area contributed by atoms with Gasteiger partial charge >= 0.3 is 0 Å². The number of anilines is 1. The molecule has 2 aromatic rings. The first-order chi connectivity index (χ1) is 12.6. The van der Waals surface area contributed by atoms with Gasteiger partial charge in [0, 0.05) is 44.8 Å². The van der Waals surface area contributed by atoms with Crippen molar-refractivity contribution < 1.29 is 4.79 Å². The van der Waals surface area contributed by atoms with Crippen molar-refractivity contribution in [1.29, 1.82) is 0 Å². The number of nitrogens with two attached hydrogens (primary N) is 1. The fourth-order valence-electron chi connectivity index (χ4n) is 3.69. The predicted octanol–water partition coefficient (Wildman–Crippen LogP) is 3.32. The Morgan fingerprint density at radius 3 is 2.42 bits per heavy atom. The van der Waals surface area contributed by atoms with Gasteiger partial charge in [0.25, 0.3) is 0 Å². The van der Waals surface area contributed by atoms with Crippen LogP contribution >= 0.6 is 0 Å². The van der Waals surface area contributed by atoms with Gasteiger partial charge in [0.05, 0.1) is 0 Å². The number of carbonyl (C=O) groups is 1. The number of benzene rings is 2. The summed E-state index contributed by atoms with van der Waals surface area (Å²) in [4.78, 5) is 17.0. The Labute approximate surface area is 156 Å². The van der Waals surface area contributed by atoms with E-state index in [0.29, 0.717) is 18.9 Å². The molecule has 0 saturated carbocycles.